The fraction of sp³-hybridized carbons (Fsp3) is 1.00. The third-order valence-corrected chi connectivity index (χ3v) is 4.57. The van der Waals surface area contributed by atoms with Gasteiger partial charge in [0, 0.05) is 37.6 Å². The van der Waals surface area contributed by atoms with Crippen LogP contribution in [0.5, 0.6) is 0 Å². The zero-order chi connectivity index (χ0) is 14.1. The van der Waals surface area contributed by atoms with Crippen molar-refractivity contribution in [2.75, 3.05) is 26.4 Å². The molecule has 3 atom stereocenters. The van der Waals surface area contributed by atoms with Crippen molar-refractivity contribution in [3.63, 3.8) is 0 Å². The van der Waals surface area contributed by atoms with Crippen LogP contribution in [0.3, 0.4) is 0 Å². The van der Waals surface area contributed by atoms with E-state index in [-0.39, 0.29) is 5.41 Å². The first kappa shape index (κ1) is 15.2. The fourth-order valence-electron chi connectivity index (χ4n) is 2.87. The van der Waals surface area contributed by atoms with Crippen LogP contribution in [0.15, 0.2) is 0 Å². The Labute approximate surface area is 116 Å². The van der Waals surface area contributed by atoms with Crippen LogP contribution in [0.2, 0.25) is 0 Å². The van der Waals surface area contributed by atoms with Crippen LogP contribution < -0.4 is 5.32 Å². The van der Waals surface area contributed by atoms with E-state index < -0.39 is 5.60 Å². The van der Waals surface area contributed by atoms with Crippen molar-refractivity contribution in [1.29, 1.82) is 0 Å². The summed E-state index contributed by atoms with van der Waals surface area (Å²) in [6.07, 6.45) is 2.11. The Bertz CT molecular complexity index is 298. The summed E-state index contributed by atoms with van der Waals surface area (Å²) >= 11 is 0. The lowest BCUT2D eigenvalue weighted by atomic mass is 9.64. The van der Waals surface area contributed by atoms with Gasteiger partial charge in [0.25, 0.3) is 0 Å². The summed E-state index contributed by atoms with van der Waals surface area (Å²) in [6, 6.07) is 0.425. The maximum atomic E-state index is 10.3. The third kappa shape index (κ3) is 3.48. The van der Waals surface area contributed by atoms with Gasteiger partial charge in [0.15, 0.2) is 0 Å². The number of rotatable bonds is 6. The minimum Gasteiger partial charge on any atom is -0.386 e. The average molecular weight is 271 g/mol. The molecule has 2 N–H and O–H groups in total. The normalized spacial score (nSPS) is 37.6. The zero-order valence-corrected chi connectivity index (χ0v) is 12.7. The van der Waals surface area contributed by atoms with E-state index in [0.29, 0.717) is 37.8 Å². The standard InChI is InChI=1S/C15H29NO3/c1-11(2)8-19-13-7-12(14(13,3)4)16-9-15(17)5-6-18-10-15/h11-13,16-17H,5-10H2,1-4H3/t12-,13+,15+/m0/s1. The topological polar surface area (TPSA) is 50.7 Å². The number of aliphatic hydroxyl groups is 1. The lowest BCUT2D eigenvalue weighted by Crippen LogP contribution is -2.63. The molecule has 0 aromatic carbocycles. The van der Waals surface area contributed by atoms with Crippen molar-refractivity contribution in [3.8, 4) is 0 Å². The summed E-state index contributed by atoms with van der Waals surface area (Å²) in [5, 5.41) is 13.8. The summed E-state index contributed by atoms with van der Waals surface area (Å²) < 4.78 is 11.2. The first-order valence-electron chi connectivity index (χ1n) is 7.49. The molecule has 0 unspecified atom stereocenters. The number of nitrogens with one attached hydrogen (secondary N) is 1. The van der Waals surface area contributed by atoms with Crippen molar-refractivity contribution in [2.45, 2.75) is 58.3 Å². The van der Waals surface area contributed by atoms with E-state index in [2.05, 4.69) is 33.0 Å². The first-order valence-corrected chi connectivity index (χ1v) is 7.49. The quantitative estimate of drug-likeness (QED) is 0.770. The predicted molar refractivity (Wildman–Crippen MR) is 75.2 cm³/mol. The second kappa shape index (κ2) is 5.68. The van der Waals surface area contributed by atoms with E-state index in [1.165, 1.54) is 0 Å². The van der Waals surface area contributed by atoms with Crippen molar-refractivity contribution in [2.24, 2.45) is 11.3 Å². The molecule has 4 nitrogen and oxygen atoms in total. The fourth-order valence-corrected chi connectivity index (χ4v) is 2.87. The molecule has 2 rings (SSSR count). The lowest BCUT2D eigenvalue weighted by molar-refractivity contribution is -0.127. The number of ether oxygens (including phenoxy) is 2. The van der Waals surface area contributed by atoms with Gasteiger partial charge >= 0.3 is 0 Å². The van der Waals surface area contributed by atoms with Gasteiger partial charge in [-0.1, -0.05) is 27.7 Å². The highest BCUT2D eigenvalue weighted by Crippen LogP contribution is 2.43. The average Bonchev–Trinajstić information content (AvgIpc) is 2.74. The SMILES string of the molecule is CC(C)CO[C@@H]1C[C@H](NC[C@]2(O)CCOC2)C1(C)C. The van der Waals surface area contributed by atoms with Crippen molar-refractivity contribution in [3.05, 3.63) is 0 Å². The van der Waals surface area contributed by atoms with Gasteiger partial charge in [-0.05, 0) is 12.3 Å². The second-order valence-electron chi connectivity index (χ2n) is 7.23. The third-order valence-electron chi connectivity index (χ3n) is 4.57. The van der Waals surface area contributed by atoms with Gasteiger partial charge in [-0.3, -0.25) is 0 Å². The highest BCUT2D eigenvalue weighted by molar-refractivity contribution is 5.04. The Hall–Kier alpha value is -0.160. The molecule has 1 saturated carbocycles. The number of hydrogen-bond donors (Lipinski definition) is 2. The van der Waals surface area contributed by atoms with Crippen LogP contribution in [-0.2, 0) is 9.47 Å². The Kier molecular flexibility index (Phi) is 4.56. The summed E-state index contributed by atoms with van der Waals surface area (Å²) in [5.74, 6) is 0.583. The van der Waals surface area contributed by atoms with E-state index in [4.69, 9.17) is 9.47 Å². The molecule has 4 heteroatoms. The van der Waals surface area contributed by atoms with E-state index in [1.807, 2.05) is 0 Å². The minimum absolute atomic E-state index is 0.144. The zero-order valence-electron chi connectivity index (χ0n) is 12.7. The van der Waals surface area contributed by atoms with Gasteiger partial charge < -0.3 is 19.9 Å². The molecule has 0 spiro atoms. The Morgan fingerprint density at radius 3 is 2.68 bits per heavy atom. The van der Waals surface area contributed by atoms with Gasteiger partial charge in [0.05, 0.1) is 12.7 Å². The molecular weight excluding hydrogens is 242 g/mol. The molecule has 2 fully saturated rings. The molecule has 19 heavy (non-hydrogen) atoms. The van der Waals surface area contributed by atoms with E-state index in [0.717, 1.165) is 19.4 Å². The van der Waals surface area contributed by atoms with Crippen molar-refractivity contribution < 1.29 is 14.6 Å². The molecule has 1 aliphatic heterocycles. The van der Waals surface area contributed by atoms with Gasteiger partial charge in [-0.25, -0.2) is 0 Å². The Morgan fingerprint density at radius 1 is 1.42 bits per heavy atom. The van der Waals surface area contributed by atoms with Crippen LogP contribution in [0.1, 0.15) is 40.5 Å². The first-order chi connectivity index (χ1) is 8.83. The molecular formula is C15H29NO3. The van der Waals surface area contributed by atoms with Gasteiger partial charge in [0.2, 0.25) is 0 Å². The van der Waals surface area contributed by atoms with Gasteiger partial charge in [0.1, 0.15) is 5.60 Å². The molecule has 1 heterocycles. The van der Waals surface area contributed by atoms with Gasteiger partial charge in [-0.15, -0.1) is 0 Å². The Balaban J connectivity index is 1.74. The number of hydrogen-bond acceptors (Lipinski definition) is 4. The van der Waals surface area contributed by atoms with E-state index in [1.54, 1.807) is 0 Å². The van der Waals surface area contributed by atoms with Crippen molar-refractivity contribution in [1.82, 2.24) is 5.32 Å². The molecule has 112 valence electrons. The predicted octanol–water partition coefficient (Wildman–Crippen LogP) is 1.57. The Morgan fingerprint density at radius 2 is 2.16 bits per heavy atom. The van der Waals surface area contributed by atoms with Crippen LogP contribution in [0.4, 0.5) is 0 Å². The van der Waals surface area contributed by atoms with Crippen LogP contribution in [0, 0.1) is 11.3 Å². The van der Waals surface area contributed by atoms with Crippen LogP contribution in [0.25, 0.3) is 0 Å². The van der Waals surface area contributed by atoms with Crippen LogP contribution in [-0.4, -0.2) is 49.2 Å². The molecule has 0 aromatic rings. The summed E-state index contributed by atoms with van der Waals surface area (Å²) in [4.78, 5) is 0. The molecule has 1 saturated heterocycles. The van der Waals surface area contributed by atoms with Crippen molar-refractivity contribution >= 4 is 0 Å². The highest BCUT2D eigenvalue weighted by Gasteiger charge is 2.49. The molecule has 0 amide bonds. The van der Waals surface area contributed by atoms with E-state index >= 15 is 0 Å². The summed E-state index contributed by atoms with van der Waals surface area (Å²) in [5.41, 5.74) is -0.523. The second-order valence-corrected chi connectivity index (χ2v) is 7.23. The smallest absolute Gasteiger partial charge is 0.102 e. The minimum atomic E-state index is -0.667. The summed E-state index contributed by atoms with van der Waals surface area (Å²) in [6.45, 7) is 11.4. The van der Waals surface area contributed by atoms with Crippen LogP contribution >= 0.6 is 0 Å². The molecule has 2 aliphatic rings. The molecule has 0 radical (unpaired) electrons. The maximum absolute atomic E-state index is 10.3. The monoisotopic (exact) mass is 271 g/mol. The highest BCUT2D eigenvalue weighted by atomic mass is 16.5. The summed E-state index contributed by atoms with van der Waals surface area (Å²) in [7, 11) is 0. The maximum Gasteiger partial charge on any atom is 0.102 e. The molecule has 0 bridgehead atoms. The van der Waals surface area contributed by atoms with E-state index in [9.17, 15) is 5.11 Å². The molecule has 1 aliphatic carbocycles. The molecule has 0 aromatic heterocycles. The lowest BCUT2D eigenvalue weighted by Gasteiger charge is -2.52. The largest absolute Gasteiger partial charge is 0.386 e. The van der Waals surface area contributed by atoms with Gasteiger partial charge in [-0.2, -0.15) is 0 Å².